The minimum Gasteiger partial charge on any atom is -0.490 e. The molecule has 246 valence electrons. The van der Waals surface area contributed by atoms with Gasteiger partial charge in [0.05, 0.1) is 31.0 Å². The molecule has 4 heterocycles. The monoisotopic (exact) mass is 661 g/mol. The van der Waals surface area contributed by atoms with Crippen molar-refractivity contribution >= 4 is 33.4 Å². The summed E-state index contributed by atoms with van der Waals surface area (Å²) in [5, 5.41) is 18.3. The third-order valence-electron chi connectivity index (χ3n) is 8.21. The fraction of sp³-hybridized carbons (Fsp3) is 0.353. The third kappa shape index (κ3) is 7.43. The van der Waals surface area contributed by atoms with Crippen molar-refractivity contribution in [1.82, 2.24) is 25.7 Å². The minimum atomic E-state index is -0.634. The van der Waals surface area contributed by atoms with Gasteiger partial charge in [-0.25, -0.2) is 9.18 Å². The number of aromatic nitrogens is 2. The molecule has 2 aliphatic heterocycles. The highest BCUT2D eigenvalue weighted by Gasteiger charge is 2.37. The van der Waals surface area contributed by atoms with Crippen molar-refractivity contribution in [3.63, 3.8) is 0 Å². The first kappa shape index (κ1) is 32.5. The van der Waals surface area contributed by atoms with Crippen LogP contribution >= 0.6 is 11.3 Å². The Balaban J connectivity index is 1.03. The molecule has 0 saturated carbocycles. The van der Waals surface area contributed by atoms with E-state index in [-0.39, 0.29) is 38.8 Å². The first-order valence-corrected chi connectivity index (χ1v) is 16.3. The summed E-state index contributed by atoms with van der Waals surface area (Å²) in [6, 6.07) is 12.8. The number of carbonyl (C=O) groups excluding carboxylic acids is 2. The molecule has 6 rings (SSSR count). The number of benzene rings is 2. The predicted molar refractivity (Wildman–Crippen MR) is 176 cm³/mol. The number of halogens is 1. The highest BCUT2D eigenvalue weighted by Crippen LogP contribution is 2.39. The molecular formula is C34H36FN5O6S. The second kappa shape index (κ2) is 15.0. The van der Waals surface area contributed by atoms with Crippen molar-refractivity contribution in [2.24, 2.45) is 0 Å². The smallest absolute Gasteiger partial charge is 0.407 e. The molecule has 2 aromatic heterocycles. The molecule has 13 heteroatoms. The van der Waals surface area contributed by atoms with Crippen LogP contribution in [0.2, 0.25) is 0 Å². The van der Waals surface area contributed by atoms with Crippen molar-refractivity contribution in [3.05, 3.63) is 77.4 Å². The lowest BCUT2D eigenvalue weighted by Crippen LogP contribution is -2.37. The largest absolute Gasteiger partial charge is 0.490 e. The maximum atomic E-state index is 14.3. The first-order valence-electron chi connectivity index (χ1n) is 15.4. The summed E-state index contributed by atoms with van der Waals surface area (Å²) < 4.78 is 37.6. The van der Waals surface area contributed by atoms with E-state index in [1.54, 1.807) is 17.4 Å². The van der Waals surface area contributed by atoms with Crippen LogP contribution in [0.3, 0.4) is 0 Å². The number of fused-ring (bicyclic) bond motifs is 2. The Morgan fingerprint density at radius 2 is 1.94 bits per heavy atom. The number of hydrogen-bond donors (Lipinski definition) is 2. The second-order valence-corrected chi connectivity index (χ2v) is 12.1. The van der Waals surface area contributed by atoms with Gasteiger partial charge >= 0.3 is 6.09 Å². The number of nitrogens with zero attached hydrogens (tertiary/aromatic N) is 3. The number of alkyl carbamates (subject to hydrolysis) is 1. The summed E-state index contributed by atoms with van der Waals surface area (Å²) >= 11 is 1.55. The molecule has 4 aromatic rings. The maximum absolute atomic E-state index is 14.3. The van der Waals surface area contributed by atoms with Crippen LogP contribution in [-0.4, -0.2) is 92.4 Å². The molecule has 2 unspecified atom stereocenters. The van der Waals surface area contributed by atoms with E-state index < -0.39 is 24.1 Å². The number of hydrogen-bond acceptors (Lipinski definition) is 10. The summed E-state index contributed by atoms with van der Waals surface area (Å²) in [6.45, 7) is 6.61. The Morgan fingerprint density at radius 3 is 2.79 bits per heavy atom. The van der Waals surface area contributed by atoms with E-state index in [4.69, 9.17) is 18.9 Å². The Hall–Kier alpha value is -4.43. The van der Waals surface area contributed by atoms with Crippen LogP contribution in [0.25, 0.3) is 32.6 Å². The van der Waals surface area contributed by atoms with E-state index in [0.717, 1.165) is 40.9 Å². The summed E-state index contributed by atoms with van der Waals surface area (Å²) in [4.78, 5) is 25.7. The van der Waals surface area contributed by atoms with Crippen LogP contribution in [0.1, 0.15) is 11.1 Å². The zero-order valence-electron chi connectivity index (χ0n) is 26.0. The van der Waals surface area contributed by atoms with Crippen LogP contribution in [-0.2, 0) is 32.0 Å². The number of methoxy groups -OCH3 is 1. The highest BCUT2D eigenvalue weighted by molar-refractivity contribution is 7.17. The maximum Gasteiger partial charge on any atom is 0.407 e. The zero-order chi connectivity index (χ0) is 32.8. The number of nitrogens with one attached hydrogen (secondary N) is 2. The molecule has 11 nitrogen and oxygen atoms in total. The van der Waals surface area contributed by atoms with Gasteiger partial charge in [0.25, 0.3) is 0 Å². The van der Waals surface area contributed by atoms with E-state index in [0.29, 0.717) is 23.6 Å². The van der Waals surface area contributed by atoms with Crippen LogP contribution < -0.4 is 15.4 Å². The molecule has 0 bridgehead atoms. The topological polar surface area (TPSA) is 124 Å². The van der Waals surface area contributed by atoms with E-state index in [1.807, 2.05) is 11.4 Å². The third-order valence-corrected chi connectivity index (χ3v) is 9.14. The summed E-state index contributed by atoms with van der Waals surface area (Å²) in [5.74, 6) is -0.344. The molecule has 2 N–H and O–H groups in total. The molecule has 0 spiro atoms. The number of ether oxygens (including phenoxy) is 4. The van der Waals surface area contributed by atoms with Gasteiger partial charge in [0, 0.05) is 42.8 Å². The average molecular weight is 662 g/mol. The SMILES string of the molecule is C=CC(=O)N1CC(OC)C(OC(=O)NCCOCCOc2cc(F)ccc2-c2nnc(-c3ccc4c(c3)CCNC4)c3ccsc23)C1. The molecule has 2 amide bonds. The Morgan fingerprint density at radius 1 is 1.09 bits per heavy atom. The van der Waals surface area contributed by atoms with Gasteiger partial charge in [0.15, 0.2) is 0 Å². The second-order valence-electron chi connectivity index (χ2n) is 11.2. The molecule has 1 saturated heterocycles. The van der Waals surface area contributed by atoms with E-state index in [1.165, 1.54) is 41.3 Å². The molecular weight excluding hydrogens is 625 g/mol. The molecule has 0 aliphatic carbocycles. The van der Waals surface area contributed by atoms with Crippen LogP contribution in [0.5, 0.6) is 5.75 Å². The molecule has 47 heavy (non-hydrogen) atoms. The molecule has 1 fully saturated rings. The van der Waals surface area contributed by atoms with Crippen molar-refractivity contribution < 1.29 is 32.9 Å². The lowest BCUT2D eigenvalue weighted by molar-refractivity contribution is -0.125. The van der Waals surface area contributed by atoms with Crippen molar-refractivity contribution in [3.8, 4) is 28.3 Å². The number of thiophene rings is 1. The van der Waals surface area contributed by atoms with Gasteiger partial charge in [-0.2, -0.15) is 0 Å². The number of amides is 2. The van der Waals surface area contributed by atoms with Gasteiger partial charge in [-0.05, 0) is 59.8 Å². The Kier molecular flexibility index (Phi) is 10.4. The van der Waals surface area contributed by atoms with Gasteiger partial charge in [0.2, 0.25) is 5.91 Å². The number of rotatable bonds is 12. The van der Waals surface area contributed by atoms with E-state index in [9.17, 15) is 14.0 Å². The average Bonchev–Trinajstić information content (AvgIpc) is 3.75. The summed E-state index contributed by atoms with van der Waals surface area (Å²) in [7, 11) is 1.50. The lowest BCUT2D eigenvalue weighted by atomic mass is 9.96. The molecule has 0 radical (unpaired) electrons. The van der Waals surface area contributed by atoms with Crippen LogP contribution in [0.15, 0.2) is 60.5 Å². The van der Waals surface area contributed by atoms with E-state index in [2.05, 4.69) is 45.6 Å². The van der Waals surface area contributed by atoms with Gasteiger partial charge in [0.1, 0.15) is 41.8 Å². The van der Waals surface area contributed by atoms with Gasteiger partial charge in [-0.1, -0.05) is 18.7 Å². The van der Waals surface area contributed by atoms with Crippen molar-refractivity contribution in [1.29, 1.82) is 0 Å². The molecule has 2 atom stereocenters. The van der Waals surface area contributed by atoms with E-state index >= 15 is 0 Å². The van der Waals surface area contributed by atoms with Gasteiger partial charge in [-0.3, -0.25) is 4.79 Å². The fourth-order valence-electron chi connectivity index (χ4n) is 5.81. The normalized spacial score (nSPS) is 17.4. The first-order chi connectivity index (χ1) is 22.9. The predicted octanol–water partition coefficient (Wildman–Crippen LogP) is 4.34. The zero-order valence-corrected chi connectivity index (χ0v) is 26.8. The highest BCUT2D eigenvalue weighted by atomic mass is 32.1. The number of carbonyl (C=O) groups is 2. The Labute approximate surface area is 275 Å². The van der Waals surface area contributed by atoms with Gasteiger partial charge < -0.3 is 34.5 Å². The number of likely N-dealkylation sites (tertiary alicyclic amines) is 1. The van der Waals surface area contributed by atoms with Crippen molar-refractivity contribution in [2.45, 2.75) is 25.2 Å². The fourth-order valence-corrected chi connectivity index (χ4v) is 6.71. The lowest BCUT2D eigenvalue weighted by Gasteiger charge is -2.18. The Bertz CT molecular complexity index is 1770. The standard InChI is InChI=1S/C34H36FN5O6S/c1-3-30(41)40-19-28(43-2)29(20-40)46-34(42)37-11-12-44-13-14-45-27-17-24(35)6-7-25(27)32-33-26(9-15-47-33)31(38-39-32)22-4-5-23-18-36-10-8-21(23)16-22/h3-7,9,15-17,28-29,36H,1,8,10-14,18-20H2,2H3,(H,37,42). The minimum absolute atomic E-state index is 0.148. The quantitative estimate of drug-likeness (QED) is 0.169. The summed E-state index contributed by atoms with van der Waals surface area (Å²) in [6.07, 6.45) is 0.549. The van der Waals surface area contributed by atoms with Crippen molar-refractivity contribution in [2.75, 3.05) is 53.1 Å². The van der Waals surface area contributed by atoms with Crippen LogP contribution in [0.4, 0.5) is 9.18 Å². The van der Waals surface area contributed by atoms with Gasteiger partial charge in [-0.15, -0.1) is 21.5 Å². The molecule has 2 aliphatic rings. The van der Waals surface area contributed by atoms with Crippen LogP contribution in [0, 0.1) is 5.82 Å². The molecule has 2 aromatic carbocycles. The summed E-state index contributed by atoms with van der Waals surface area (Å²) in [5.41, 5.74) is 5.71.